The molecule has 0 N–H and O–H groups in total. The van der Waals surface area contributed by atoms with E-state index in [4.69, 9.17) is 0 Å². The molecule has 0 bridgehead atoms. The van der Waals surface area contributed by atoms with Crippen molar-refractivity contribution in [3.63, 3.8) is 0 Å². The molecule has 1 saturated carbocycles. The van der Waals surface area contributed by atoms with Gasteiger partial charge in [-0.15, -0.1) is 0 Å². The molecular weight excluding hydrogens is 759 g/mol. The van der Waals surface area contributed by atoms with Crippen molar-refractivity contribution in [3.05, 3.63) is 227 Å². The first-order chi connectivity index (χ1) is 31.2. The summed E-state index contributed by atoms with van der Waals surface area (Å²) in [5.74, 6) is 1.24. The summed E-state index contributed by atoms with van der Waals surface area (Å²) >= 11 is 0. The Kier molecular flexibility index (Phi) is 9.78. The van der Waals surface area contributed by atoms with Gasteiger partial charge < -0.3 is 4.90 Å². The van der Waals surface area contributed by atoms with Crippen LogP contribution < -0.4 is 4.90 Å². The molecule has 7 aromatic rings. The van der Waals surface area contributed by atoms with Gasteiger partial charge in [0.15, 0.2) is 0 Å². The van der Waals surface area contributed by atoms with Crippen molar-refractivity contribution in [2.24, 2.45) is 5.92 Å². The van der Waals surface area contributed by atoms with Crippen LogP contribution in [0.1, 0.15) is 90.7 Å². The van der Waals surface area contributed by atoms with Gasteiger partial charge in [-0.1, -0.05) is 177 Å². The fraction of sp³-hybridized carbons (Fsp3) is 0.194. The molecule has 1 heteroatoms. The Morgan fingerprint density at radius 1 is 0.460 bits per heavy atom. The summed E-state index contributed by atoms with van der Waals surface area (Å²) < 4.78 is 0. The van der Waals surface area contributed by atoms with Crippen molar-refractivity contribution in [1.82, 2.24) is 0 Å². The zero-order valence-electron chi connectivity index (χ0n) is 36.1. The SMILES string of the molecule is C1=CCCC(c2ccc(-c3ccc(N(c4ccc(-c5ccc(-c6ccccc6)cc5)cc4)c4cccc5c4CC4CC6=C(C=C54)Cc4c6cccc4C4CCCCC4)cc3)cc2)=C1. The van der Waals surface area contributed by atoms with Crippen LogP contribution >= 0.6 is 0 Å². The number of benzene rings is 7. The fourth-order valence-corrected chi connectivity index (χ4v) is 11.6. The van der Waals surface area contributed by atoms with Gasteiger partial charge in [0.2, 0.25) is 0 Å². The maximum Gasteiger partial charge on any atom is 0.0499 e. The normalized spacial score (nSPS) is 17.7. The van der Waals surface area contributed by atoms with Crippen LogP contribution in [0.2, 0.25) is 0 Å². The van der Waals surface area contributed by atoms with Gasteiger partial charge in [0.05, 0.1) is 0 Å². The highest BCUT2D eigenvalue weighted by molar-refractivity contribution is 5.93. The van der Waals surface area contributed by atoms with E-state index in [1.807, 2.05) is 0 Å². The van der Waals surface area contributed by atoms with Crippen LogP contribution in [0.5, 0.6) is 0 Å². The van der Waals surface area contributed by atoms with Crippen molar-refractivity contribution in [2.75, 3.05) is 4.90 Å². The molecule has 0 amide bonds. The smallest absolute Gasteiger partial charge is 0.0499 e. The maximum atomic E-state index is 2.62. The van der Waals surface area contributed by atoms with Crippen LogP contribution in [0.3, 0.4) is 0 Å². The molecule has 1 unspecified atom stereocenters. The zero-order valence-corrected chi connectivity index (χ0v) is 36.1. The lowest BCUT2D eigenvalue weighted by Gasteiger charge is -2.28. The molecule has 0 saturated heterocycles. The molecule has 5 aliphatic rings. The van der Waals surface area contributed by atoms with Gasteiger partial charge in [-0.05, 0) is 176 Å². The first-order valence-electron chi connectivity index (χ1n) is 23.5. The minimum atomic E-state index is 0.498. The Bertz CT molecular complexity index is 2950. The van der Waals surface area contributed by atoms with E-state index in [-0.39, 0.29) is 0 Å². The van der Waals surface area contributed by atoms with E-state index in [0.717, 1.165) is 38.0 Å². The van der Waals surface area contributed by atoms with Crippen LogP contribution in [0.25, 0.3) is 50.1 Å². The van der Waals surface area contributed by atoms with Crippen LogP contribution in [-0.2, 0) is 12.8 Å². The first-order valence-corrected chi connectivity index (χ1v) is 23.5. The maximum absolute atomic E-state index is 2.62. The number of hydrogen-bond acceptors (Lipinski definition) is 1. The number of hydrogen-bond donors (Lipinski definition) is 0. The average Bonchev–Trinajstić information content (AvgIpc) is 3.92. The second kappa shape index (κ2) is 16.2. The Balaban J connectivity index is 0.886. The molecule has 5 aliphatic carbocycles. The van der Waals surface area contributed by atoms with E-state index in [2.05, 4.69) is 193 Å². The van der Waals surface area contributed by atoms with E-state index >= 15 is 0 Å². The van der Waals surface area contributed by atoms with E-state index in [9.17, 15) is 0 Å². The van der Waals surface area contributed by atoms with Gasteiger partial charge in [0, 0.05) is 17.1 Å². The largest absolute Gasteiger partial charge is 0.310 e. The van der Waals surface area contributed by atoms with Crippen LogP contribution in [0, 0.1) is 5.92 Å². The van der Waals surface area contributed by atoms with E-state index in [1.54, 1.807) is 33.4 Å². The number of allylic oxidation sites excluding steroid dienone is 8. The summed E-state index contributed by atoms with van der Waals surface area (Å²) in [5.41, 5.74) is 26.3. The van der Waals surface area contributed by atoms with Gasteiger partial charge in [-0.25, -0.2) is 0 Å². The van der Waals surface area contributed by atoms with Gasteiger partial charge in [0.1, 0.15) is 0 Å². The summed E-state index contributed by atoms with van der Waals surface area (Å²) in [4.78, 5) is 2.52. The monoisotopic (exact) mass is 811 g/mol. The molecule has 12 rings (SSSR count). The standard InChI is InChI=1S/C62H53N/c1-4-12-42(13-5-1)44-22-26-46(27-23-44)48-30-34-53(35-31-48)63(54-36-32-49(33-37-54)47-28-24-45(25-29-47)43-14-6-2-7-15-43)62-21-11-20-57-59-38-51-40-60-55(50-16-8-3-9-17-50)18-10-19-56(60)58(51)39-52(59)41-61(57)62/h1-2,4-6,10-14,18-38,50,52H,3,7-9,15-17,39-41H2. The summed E-state index contributed by atoms with van der Waals surface area (Å²) in [7, 11) is 0. The van der Waals surface area contributed by atoms with Crippen molar-refractivity contribution >= 4 is 33.8 Å². The van der Waals surface area contributed by atoms with Crippen LogP contribution in [0.15, 0.2) is 194 Å². The molecule has 0 heterocycles. The molecule has 0 aliphatic heterocycles. The predicted molar refractivity (Wildman–Crippen MR) is 266 cm³/mol. The lowest BCUT2D eigenvalue weighted by Crippen LogP contribution is -2.12. The Hall–Kier alpha value is -6.70. The van der Waals surface area contributed by atoms with Crippen molar-refractivity contribution in [1.29, 1.82) is 0 Å². The van der Waals surface area contributed by atoms with Crippen molar-refractivity contribution in [2.45, 2.75) is 70.1 Å². The van der Waals surface area contributed by atoms with Crippen molar-refractivity contribution < 1.29 is 0 Å². The van der Waals surface area contributed by atoms with Gasteiger partial charge in [-0.3, -0.25) is 0 Å². The molecule has 0 radical (unpaired) electrons. The predicted octanol–water partition coefficient (Wildman–Crippen LogP) is 16.9. The highest BCUT2D eigenvalue weighted by atomic mass is 15.1. The van der Waals surface area contributed by atoms with Gasteiger partial charge in [0.25, 0.3) is 0 Å². The van der Waals surface area contributed by atoms with Crippen molar-refractivity contribution in [3.8, 4) is 33.4 Å². The Morgan fingerprint density at radius 2 is 1.05 bits per heavy atom. The zero-order chi connectivity index (χ0) is 41.7. The highest BCUT2D eigenvalue weighted by Crippen LogP contribution is 2.54. The average molecular weight is 812 g/mol. The third-order valence-electron chi connectivity index (χ3n) is 14.9. The minimum Gasteiger partial charge on any atom is -0.310 e. The molecule has 1 fully saturated rings. The van der Waals surface area contributed by atoms with Gasteiger partial charge >= 0.3 is 0 Å². The Morgan fingerprint density at radius 3 is 1.68 bits per heavy atom. The lowest BCUT2D eigenvalue weighted by atomic mass is 9.80. The number of anilines is 3. The van der Waals surface area contributed by atoms with E-state index in [0.29, 0.717) is 5.92 Å². The summed E-state index contributed by atoms with van der Waals surface area (Å²) in [6.45, 7) is 0. The summed E-state index contributed by atoms with van der Waals surface area (Å²) in [5, 5.41) is 0. The number of nitrogens with zero attached hydrogens (tertiary/aromatic N) is 1. The van der Waals surface area contributed by atoms with E-state index < -0.39 is 0 Å². The second-order valence-corrected chi connectivity index (χ2v) is 18.5. The van der Waals surface area contributed by atoms with Crippen LogP contribution in [-0.4, -0.2) is 0 Å². The lowest BCUT2D eigenvalue weighted by molar-refractivity contribution is 0.442. The molecule has 63 heavy (non-hydrogen) atoms. The summed E-state index contributed by atoms with van der Waals surface area (Å²) in [6, 6.07) is 61.6. The molecule has 306 valence electrons. The quantitative estimate of drug-likeness (QED) is 0.148. The molecule has 7 aromatic carbocycles. The van der Waals surface area contributed by atoms with Crippen LogP contribution in [0.4, 0.5) is 17.1 Å². The number of fused-ring (bicyclic) bond motifs is 5. The molecule has 1 nitrogen and oxygen atoms in total. The molecule has 0 spiro atoms. The fourth-order valence-electron chi connectivity index (χ4n) is 11.6. The van der Waals surface area contributed by atoms with Gasteiger partial charge in [-0.2, -0.15) is 0 Å². The van der Waals surface area contributed by atoms with E-state index in [1.165, 1.54) is 105 Å². The second-order valence-electron chi connectivity index (χ2n) is 18.5. The topological polar surface area (TPSA) is 3.24 Å². The molecule has 1 atom stereocenters. The third kappa shape index (κ3) is 7.05. The third-order valence-corrected chi connectivity index (χ3v) is 14.9. The first kappa shape index (κ1) is 38.0. The minimum absolute atomic E-state index is 0.498. The highest BCUT2D eigenvalue weighted by Gasteiger charge is 2.37. The number of rotatable bonds is 8. The molecular formula is C62H53N. The Labute approximate surface area is 373 Å². The summed E-state index contributed by atoms with van der Waals surface area (Å²) in [6.07, 6.45) is 21.7. The molecule has 0 aromatic heterocycles.